The topological polar surface area (TPSA) is 66.2 Å². The molecule has 0 unspecified atom stereocenters. The van der Waals surface area contributed by atoms with Crippen molar-refractivity contribution in [1.82, 2.24) is 14.8 Å². The minimum atomic E-state index is -4.78. The minimum Gasteiger partial charge on any atom is -0.462 e. The quantitative estimate of drug-likeness (QED) is 0.282. The summed E-state index contributed by atoms with van der Waals surface area (Å²) in [6, 6.07) is 1.90. The van der Waals surface area contributed by atoms with E-state index in [1.54, 1.807) is 6.92 Å². The van der Waals surface area contributed by atoms with Crippen molar-refractivity contribution < 1.29 is 27.4 Å². The van der Waals surface area contributed by atoms with Gasteiger partial charge in [0.15, 0.2) is 11.3 Å². The summed E-state index contributed by atoms with van der Waals surface area (Å²) >= 11 is 5.91. The Kier molecular flexibility index (Phi) is 6.54. The van der Waals surface area contributed by atoms with Crippen LogP contribution in [0.25, 0.3) is 11.0 Å². The van der Waals surface area contributed by atoms with Crippen LogP contribution in [0.15, 0.2) is 6.07 Å². The number of aromatic nitrogens is 3. The number of carbonyl (C=O) groups is 1. The van der Waals surface area contributed by atoms with Gasteiger partial charge in [0.2, 0.25) is 0 Å². The van der Waals surface area contributed by atoms with Gasteiger partial charge in [-0.15, -0.1) is 0 Å². The average molecular weight is 424 g/mol. The summed E-state index contributed by atoms with van der Waals surface area (Å²) in [5, 5.41) is 3.01. The lowest BCUT2D eigenvalue weighted by Gasteiger charge is -2.15. The van der Waals surface area contributed by atoms with Crippen molar-refractivity contribution in [3.63, 3.8) is 0 Å². The largest absolute Gasteiger partial charge is 0.462 e. The molecule has 0 amide bonds. The molecule has 0 fully saturated rings. The molecule has 0 aliphatic carbocycles. The Hall–Kier alpha value is -1.65. The predicted octanol–water partition coefficient (Wildman–Crippen LogP) is 4.59. The maximum absolute atomic E-state index is 13.5. The van der Waals surface area contributed by atoms with Crippen LogP contribution < -0.4 is 0 Å². The maximum Gasteiger partial charge on any atom is 0.435 e. The van der Waals surface area contributed by atoms with Crippen molar-refractivity contribution in [2.75, 3.05) is 13.2 Å². The van der Waals surface area contributed by atoms with Gasteiger partial charge in [0.05, 0.1) is 17.6 Å². The molecule has 0 saturated heterocycles. The molecular weight excluding hydrogens is 403 g/mol. The smallest absolute Gasteiger partial charge is 0.435 e. The normalized spacial score (nSPS) is 12.6. The first-order valence-electron chi connectivity index (χ1n) is 8.33. The number of halogens is 4. The highest BCUT2D eigenvalue weighted by Crippen LogP contribution is 2.36. The fourth-order valence-corrected chi connectivity index (χ4v) is 3.27. The molecule has 6 nitrogen and oxygen atoms in total. The number of nitrogens with zero attached hydrogens (tertiary/aromatic N) is 3. The van der Waals surface area contributed by atoms with E-state index in [4.69, 9.17) is 21.1 Å². The first kappa shape index (κ1) is 21.6. The van der Waals surface area contributed by atoms with Gasteiger partial charge in [-0.25, -0.2) is 14.5 Å². The van der Waals surface area contributed by atoms with Gasteiger partial charge >= 0.3 is 12.1 Å². The van der Waals surface area contributed by atoms with Crippen LogP contribution in [0.2, 0.25) is 30.8 Å². The van der Waals surface area contributed by atoms with E-state index in [-0.39, 0.29) is 29.7 Å². The monoisotopic (exact) mass is 423 g/mol. The van der Waals surface area contributed by atoms with E-state index >= 15 is 0 Å². The van der Waals surface area contributed by atoms with Crippen molar-refractivity contribution in [3.05, 3.63) is 22.5 Å². The Balaban J connectivity index is 2.48. The third-order valence-corrected chi connectivity index (χ3v) is 5.54. The first-order chi connectivity index (χ1) is 12.4. The SMILES string of the molecule is CCOC(=O)c1cc(Cl)nc2c1c(C(F)(F)F)nn2COCC[Si](C)(C)C. The van der Waals surface area contributed by atoms with E-state index in [1.807, 2.05) is 0 Å². The highest BCUT2D eigenvalue weighted by molar-refractivity contribution is 6.76. The Morgan fingerprint density at radius 1 is 1.33 bits per heavy atom. The van der Waals surface area contributed by atoms with Crippen LogP contribution in [-0.4, -0.2) is 42.0 Å². The lowest BCUT2D eigenvalue weighted by Crippen LogP contribution is -2.22. The van der Waals surface area contributed by atoms with E-state index < -0.39 is 31.3 Å². The second kappa shape index (κ2) is 8.15. The summed E-state index contributed by atoms with van der Waals surface area (Å²) < 4.78 is 51.7. The van der Waals surface area contributed by atoms with E-state index in [1.165, 1.54) is 0 Å². The number of carbonyl (C=O) groups excluding carboxylic acids is 1. The van der Waals surface area contributed by atoms with Crippen molar-refractivity contribution in [2.45, 2.75) is 45.5 Å². The number of fused-ring (bicyclic) bond motifs is 1. The van der Waals surface area contributed by atoms with Crippen LogP contribution in [0.5, 0.6) is 0 Å². The van der Waals surface area contributed by atoms with Gasteiger partial charge in [-0.1, -0.05) is 31.2 Å². The second-order valence-electron chi connectivity index (χ2n) is 7.11. The third-order valence-electron chi connectivity index (χ3n) is 3.64. The molecule has 0 aliphatic rings. The number of hydrogen-bond donors (Lipinski definition) is 0. The fourth-order valence-electron chi connectivity index (χ4n) is 2.33. The molecule has 0 radical (unpaired) electrons. The first-order valence-corrected chi connectivity index (χ1v) is 12.4. The zero-order valence-corrected chi connectivity index (χ0v) is 17.2. The van der Waals surface area contributed by atoms with E-state index in [0.29, 0.717) is 6.61 Å². The van der Waals surface area contributed by atoms with Crippen LogP contribution in [-0.2, 0) is 22.4 Å². The highest BCUT2D eigenvalue weighted by Gasteiger charge is 2.39. The van der Waals surface area contributed by atoms with E-state index in [9.17, 15) is 18.0 Å². The van der Waals surface area contributed by atoms with Gasteiger partial charge in [-0.2, -0.15) is 18.3 Å². The number of rotatable bonds is 7. The van der Waals surface area contributed by atoms with Gasteiger partial charge in [-0.3, -0.25) is 0 Å². The Labute approximate surface area is 160 Å². The van der Waals surface area contributed by atoms with Crippen LogP contribution in [0.3, 0.4) is 0 Å². The average Bonchev–Trinajstić information content (AvgIpc) is 2.89. The Morgan fingerprint density at radius 3 is 2.56 bits per heavy atom. The minimum absolute atomic E-state index is 0.00948. The standard InChI is InChI=1S/C16H21ClF3N3O3Si/c1-5-26-15(24)10-8-11(17)21-14-12(10)13(16(18,19)20)22-23(14)9-25-6-7-27(2,3)4/h8H,5-7,9H2,1-4H3. The molecule has 0 atom stereocenters. The second-order valence-corrected chi connectivity index (χ2v) is 13.1. The number of alkyl halides is 3. The van der Waals surface area contributed by atoms with Gasteiger partial charge in [0, 0.05) is 14.7 Å². The number of esters is 1. The molecule has 150 valence electrons. The summed E-state index contributed by atoms with van der Waals surface area (Å²) in [5.74, 6) is -0.920. The van der Waals surface area contributed by atoms with Crippen molar-refractivity contribution in [1.29, 1.82) is 0 Å². The summed E-state index contributed by atoms with van der Waals surface area (Å²) in [7, 11) is -1.35. The van der Waals surface area contributed by atoms with Gasteiger partial charge in [0.25, 0.3) is 0 Å². The highest BCUT2D eigenvalue weighted by atomic mass is 35.5. The van der Waals surface area contributed by atoms with E-state index in [2.05, 4.69) is 29.7 Å². The Morgan fingerprint density at radius 2 is 2.00 bits per heavy atom. The van der Waals surface area contributed by atoms with Crippen molar-refractivity contribution in [3.8, 4) is 0 Å². The van der Waals surface area contributed by atoms with E-state index in [0.717, 1.165) is 16.8 Å². The third kappa shape index (κ3) is 5.42. The molecule has 2 aromatic rings. The molecule has 2 heterocycles. The van der Waals surface area contributed by atoms with Crippen LogP contribution in [0, 0.1) is 0 Å². The lowest BCUT2D eigenvalue weighted by atomic mass is 10.1. The van der Waals surface area contributed by atoms with Gasteiger partial charge in [0.1, 0.15) is 11.9 Å². The molecule has 0 saturated carbocycles. The van der Waals surface area contributed by atoms with Crippen LogP contribution >= 0.6 is 11.6 Å². The van der Waals surface area contributed by atoms with Crippen molar-refractivity contribution >= 4 is 36.7 Å². The Bertz CT molecular complexity index is 834. The predicted molar refractivity (Wildman–Crippen MR) is 97.6 cm³/mol. The summed E-state index contributed by atoms with van der Waals surface area (Å²) in [6.07, 6.45) is -4.78. The zero-order valence-electron chi connectivity index (χ0n) is 15.5. The summed E-state index contributed by atoms with van der Waals surface area (Å²) in [6.45, 7) is 8.21. The molecule has 0 spiro atoms. The maximum atomic E-state index is 13.5. The zero-order chi connectivity index (χ0) is 20.4. The molecule has 0 aliphatic heterocycles. The molecular formula is C16H21ClF3N3O3Si. The van der Waals surface area contributed by atoms with Gasteiger partial charge in [-0.05, 0) is 19.0 Å². The van der Waals surface area contributed by atoms with Crippen LogP contribution in [0.1, 0.15) is 23.0 Å². The number of ether oxygens (including phenoxy) is 2. The van der Waals surface area contributed by atoms with Crippen LogP contribution in [0.4, 0.5) is 13.2 Å². The molecule has 0 bridgehead atoms. The number of pyridine rings is 1. The molecule has 11 heteroatoms. The number of hydrogen-bond acceptors (Lipinski definition) is 5. The molecule has 2 rings (SSSR count). The molecule has 0 aromatic carbocycles. The summed E-state index contributed by atoms with van der Waals surface area (Å²) in [4.78, 5) is 16.1. The molecule has 2 aromatic heterocycles. The van der Waals surface area contributed by atoms with Gasteiger partial charge < -0.3 is 9.47 Å². The summed E-state index contributed by atoms with van der Waals surface area (Å²) in [5.41, 5.74) is -1.73. The lowest BCUT2D eigenvalue weighted by molar-refractivity contribution is -0.140. The fraction of sp³-hybridized carbons (Fsp3) is 0.562. The molecule has 0 N–H and O–H groups in total. The van der Waals surface area contributed by atoms with Crippen molar-refractivity contribution in [2.24, 2.45) is 0 Å². The molecule has 27 heavy (non-hydrogen) atoms.